The molecule has 0 aliphatic rings. The molecule has 0 radical (unpaired) electrons. The minimum absolute atomic E-state index is 0.516. The molecule has 7 heavy (non-hydrogen) atoms. The van der Waals surface area contributed by atoms with E-state index >= 15 is 0 Å². The third kappa shape index (κ3) is 4.29. The number of hydrogen-bond donors (Lipinski definition) is 0. The summed E-state index contributed by atoms with van der Waals surface area (Å²) in [5.74, 6) is 0.516. The lowest BCUT2D eigenvalue weighted by Gasteiger charge is -1.86. The van der Waals surface area contributed by atoms with Gasteiger partial charge in [-0.05, 0) is 45.2 Å². The SMILES string of the molecule is ClC/C(I)=C(/Cl)I. The van der Waals surface area contributed by atoms with Crippen molar-refractivity contribution in [1.29, 1.82) is 0 Å². The van der Waals surface area contributed by atoms with Gasteiger partial charge in [0.2, 0.25) is 0 Å². The van der Waals surface area contributed by atoms with Crippen molar-refractivity contribution in [3.05, 3.63) is 6.62 Å². The van der Waals surface area contributed by atoms with Gasteiger partial charge < -0.3 is 0 Å². The maximum absolute atomic E-state index is 5.50. The molecule has 0 amide bonds. The monoisotopic (exact) mass is 362 g/mol. The van der Waals surface area contributed by atoms with Gasteiger partial charge in [0, 0.05) is 3.58 Å². The van der Waals surface area contributed by atoms with Crippen LogP contribution in [0, 0.1) is 0 Å². The second-order valence-electron chi connectivity index (χ2n) is 0.799. The minimum atomic E-state index is 0.516. The molecule has 0 spiro atoms. The molecule has 0 nitrogen and oxygen atoms in total. The molecule has 0 heterocycles. The zero-order chi connectivity index (χ0) is 5.86. The van der Waals surface area contributed by atoms with Crippen LogP contribution in [0.15, 0.2) is 6.62 Å². The van der Waals surface area contributed by atoms with Crippen molar-refractivity contribution in [2.45, 2.75) is 0 Å². The van der Waals surface area contributed by atoms with E-state index in [4.69, 9.17) is 23.2 Å². The van der Waals surface area contributed by atoms with Gasteiger partial charge in [0.15, 0.2) is 0 Å². The second-order valence-corrected chi connectivity index (χ2v) is 4.46. The highest BCUT2D eigenvalue weighted by Gasteiger charge is 1.91. The van der Waals surface area contributed by atoms with Crippen molar-refractivity contribution in [3.63, 3.8) is 0 Å². The molecule has 0 aromatic heterocycles. The lowest BCUT2D eigenvalue weighted by Crippen LogP contribution is -1.68. The van der Waals surface area contributed by atoms with Gasteiger partial charge >= 0.3 is 0 Å². The molecular formula is C3H2Cl2I2. The summed E-state index contributed by atoms with van der Waals surface area (Å²) in [6.07, 6.45) is 0. The molecule has 42 valence electrons. The van der Waals surface area contributed by atoms with Crippen LogP contribution in [0.5, 0.6) is 0 Å². The van der Waals surface area contributed by atoms with Crippen LogP contribution in [0.4, 0.5) is 0 Å². The van der Waals surface area contributed by atoms with E-state index in [0.29, 0.717) is 5.88 Å². The average molecular weight is 363 g/mol. The first kappa shape index (κ1) is 8.78. The summed E-state index contributed by atoms with van der Waals surface area (Å²) >= 11 is 15.0. The maximum Gasteiger partial charge on any atom is 0.0893 e. The van der Waals surface area contributed by atoms with Gasteiger partial charge in [-0.25, -0.2) is 0 Å². The minimum Gasteiger partial charge on any atom is -0.121 e. The third-order valence-electron chi connectivity index (χ3n) is 0.322. The van der Waals surface area contributed by atoms with Crippen molar-refractivity contribution < 1.29 is 0 Å². The quantitative estimate of drug-likeness (QED) is 0.495. The fourth-order valence-electron chi connectivity index (χ4n) is 0.0505. The molecule has 0 bridgehead atoms. The van der Waals surface area contributed by atoms with Gasteiger partial charge in [0.1, 0.15) is 0 Å². The normalized spacial score (nSPS) is 13.7. The molecule has 0 aliphatic heterocycles. The van der Waals surface area contributed by atoms with E-state index in [1.807, 2.05) is 22.6 Å². The molecule has 0 atom stereocenters. The molecule has 0 aliphatic carbocycles. The fraction of sp³-hybridized carbons (Fsp3) is 0.333. The van der Waals surface area contributed by atoms with E-state index in [-0.39, 0.29) is 0 Å². The lowest BCUT2D eigenvalue weighted by atomic mass is 10.8. The first-order chi connectivity index (χ1) is 3.18. The second kappa shape index (κ2) is 4.64. The van der Waals surface area contributed by atoms with Gasteiger partial charge in [0.05, 0.1) is 8.92 Å². The Hall–Kier alpha value is 1.78. The van der Waals surface area contributed by atoms with E-state index in [2.05, 4.69) is 22.6 Å². The highest BCUT2D eigenvalue weighted by atomic mass is 127. The zero-order valence-electron chi connectivity index (χ0n) is 3.22. The van der Waals surface area contributed by atoms with E-state index in [9.17, 15) is 0 Å². The number of rotatable bonds is 1. The third-order valence-corrected chi connectivity index (χ3v) is 4.19. The molecule has 0 aromatic carbocycles. The summed E-state index contributed by atoms with van der Waals surface area (Å²) in [7, 11) is 0. The van der Waals surface area contributed by atoms with E-state index in [1.165, 1.54) is 0 Å². The Kier molecular flexibility index (Phi) is 5.82. The van der Waals surface area contributed by atoms with E-state index in [0.717, 1.165) is 6.62 Å². The predicted octanol–water partition coefficient (Wildman–Crippen LogP) is 3.50. The lowest BCUT2D eigenvalue weighted by molar-refractivity contribution is 1.76. The molecule has 0 aromatic rings. The highest BCUT2D eigenvalue weighted by molar-refractivity contribution is 14.1. The van der Waals surface area contributed by atoms with Crippen LogP contribution in [0.25, 0.3) is 0 Å². The largest absolute Gasteiger partial charge is 0.121 e. The Labute approximate surface area is 79.9 Å². The first-order valence-corrected chi connectivity index (χ1v) is 4.51. The van der Waals surface area contributed by atoms with Crippen LogP contribution in [0.1, 0.15) is 0 Å². The summed E-state index contributed by atoms with van der Waals surface area (Å²) in [6, 6.07) is 0. The highest BCUT2D eigenvalue weighted by Crippen LogP contribution is 2.22. The Balaban J connectivity index is 3.72. The van der Waals surface area contributed by atoms with Crippen LogP contribution in [0.3, 0.4) is 0 Å². The molecular weight excluding hydrogens is 361 g/mol. The number of halogens is 4. The Morgan fingerprint density at radius 1 is 1.43 bits per heavy atom. The Morgan fingerprint density at radius 3 is 1.86 bits per heavy atom. The molecule has 0 rings (SSSR count). The van der Waals surface area contributed by atoms with Crippen molar-refractivity contribution >= 4 is 68.4 Å². The molecule has 4 heteroatoms. The van der Waals surface area contributed by atoms with Crippen molar-refractivity contribution in [3.8, 4) is 0 Å². The van der Waals surface area contributed by atoms with E-state index < -0.39 is 0 Å². The Morgan fingerprint density at radius 2 is 1.86 bits per heavy atom. The summed E-state index contributed by atoms with van der Waals surface area (Å²) in [6.45, 7) is 0. The topological polar surface area (TPSA) is 0 Å². The zero-order valence-corrected chi connectivity index (χ0v) is 9.05. The van der Waals surface area contributed by atoms with Crippen LogP contribution in [-0.4, -0.2) is 5.88 Å². The summed E-state index contributed by atoms with van der Waals surface area (Å²) in [5, 5.41) is 0. The summed E-state index contributed by atoms with van der Waals surface area (Å²) in [5.41, 5.74) is 0. The average Bonchev–Trinajstić information content (AvgIpc) is 1.65. The first-order valence-electron chi connectivity index (χ1n) is 1.44. The molecule has 0 N–H and O–H groups in total. The summed E-state index contributed by atoms with van der Waals surface area (Å²) in [4.78, 5) is 0. The van der Waals surface area contributed by atoms with Crippen LogP contribution in [0.2, 0.25) is 0 Å². The van der Waals surface area contributed by atoms with Crippen LogP contribution >= 0.6 is 68.4 Å². The maximum atomic E-state index is 5.50. The smallest absolute Gasteiger partial charge is 0.0893 e. The van der Waals surface area contributed by atoms with Crippen molar-refractivity contribution in [1.82, 2.24) is 0 Å². The standard InChI is InChI=1S/C3H2Cl2I2/c4-1-2(6)3(5)7/h1H2/b3-2+. The number of allylic oxidation sites excluding steroid dienone is 1. The number of alkyl halides is 1. The van der Waals surface area contributed by atoms with Gasteiger partial charge in [-0.2, -0.15) is 0 Å². The van der Waals surface area contributed by atoms with Gasteiger partial charge in [0.25, 0.3) is 0 Å². The summed E-state index contributed by atoms with van der Waals surface area (Å²) < 4.78 is 1.76. The molecule has 0 unspecified atom stereocenters. The van der Waals surface area contributed by atoms with Crippen LogP contribution in [-0.2, 0) is 0 Å². The van der Waals surface area contributed by atoms with Crippen molar-refractivity contribution in [2.75, 3.05) is 5.88 Å². The number of hydrogen-bond acceptors (Lipinski definition) is 0. The van der Waals surface area contributed by atoms with Crippen LogP contribution < -0.4 is 0 Å². The molecule has 0 saturated heterocycles. The van der Waals surface area contributed by atoms with Crippen molar-refractivity contribution in [2.24, 2.45) is 0 Å². The molecule has 0 saturated carbocycles. The fourth-order valence-corrected chi connectivity index (χ4v) is 0.736. The van der Waals surface area contributed by atoms with Gasteiger partial charge in [-0.15, -0.1) is 11.6 Å². The van der Waals surface area contributed by atoms with Gasteiger partial charge in [-0.3, -0.25) is 0 Å². The van der Waals surface area contributed by atoms with Gasteiger partial charge in [-0.1, -0.05) is 11.6 Å². The van der Waals surface area contributed by atoms with E-state index in [1.54, 1.807) is 0 Å². The Bertz CT molecular complexity index is 84.9. The molecule has 0 fully saturated rings. The predicted molar refractivity (Wildman–Crippen MR) is 51.6 cm³/mol.